The summed E-state index contributed by atoms with van der Waals surface area (Å²) in [5, 5.41) is 6.37. The van der Waals surface area contributed by atoms with Gasteiger partial charge in [0.1, 0.15) is 5.75 Å². The third-order valence-electron chi connectivity index (χ3n) is 5.47. The zero-order valence-corrected chi connectivity index (χ0v) is 15.8. The average Bonchev–Trinajstić information content (AvgIpc) is 2.71. The second-order valence-corrected chi connectivity index (χ2v) is 7.54. The number of rotatable bonds is 8. The molecule has 144 valence electrons. The maximum absolute atomic E-state index is 12.2. The van der Waals surface area contributed by atoms with E-state index in [0.717, 1.165) is 58.0 Å². The predicted molar refractivity (Wildman–Crippen MR) is 105 cm³/mol. The first-order valence-electron chi connectivity index (χ1n) is 10.3. The highest BCUT2D eigenvalue weighted by molar-refractivity contribution is 5.94. The molecule has 5 heteroatoms. The first-order chi connectivity index (χ1) is 12.8. The van der Waals surface area contributed by atoms with Crippen LogP contribution < -0.4 is 15.4 Å². The van der Waals surface area contributed by atoms with Crippen LogP contribution in [0.5, 0.6) is 5.75 Å². The van der Waals surface area contributed by atoms with Crippen LogP contribution in [0.2, 0.25) is 0 Å². The van der Waals surface area contributed by atoms with Gasteiger partial charge in [0.05, 0.1) is 6.61 Å². The first-order valence-corrected chi connectivity index (χ1v) is 10.3. The molecule has 1 aromatic carbocycles. The molecular weight excluding hydrogens is 326 g/mol. The number of nitrogens with zero attached hydrogens (tertiary/aromatic N) is 1. The number of carbonyl (C=O) groups excluding carboxylic acids is 1. The Morgan fingerprint density at radius 1 is 1.12 bits per heavy atom. The summed E-state index contributed by atoms with van der Waals surface area (Å²) < 4.78 is 5.90. The number of hydrogen-bond donors (Lipinski definition) is 2. The molecule has 1 saturated carbocycles. The van der Waals surface area contributed by atoms with E-state index in [4.69, 9.17) is 4.74 Å². The Kier molecular flexibility index (Phi) is 7.77. The van der Waals surface area contributed by atoms with Crippen molar-refractivity contribution in [3.05, 3.63) is 29.8 Å². The summed E-state index contributed by atoms with van der Waals surface area (Å²) in [6.07, 6.45) is 7.61. The van der Waals surface area contributed by atoms with Crippen molar-refractivity contribution < 1.29 is 9.53 Å². The summed E-state index contributed by atoms with van der Waals surface area (Å²) in [6, 6.07) is 7.56. The van der Waals surface area contributed by atoms with Gasteiger partial charge in [0.2, 0.25) is 0 Å². The molecule has 2 fully saturated rings. The van der Waals surface area contributed by atoms with Gasteiger partial charge < -0.3 is 20.3 Å². The summed E-state index contributed by atoms with van der Waals surface area (Å²) in [4.78, 5) is 14.7. The van der Waals surface area contributed by atoms with Gasteiger partial charge in [0.15, 0.2) is 0 Å². The van der Waals surface area contributed by atoms with Crippen molar-refractivity contribution in [1.82, 2.24) is 15.5 Å². The SMILES string of the molecule is O=C(NCCCN1CCNCC1)c1ccc(OCC2CCCCC2)cc1. The van der Waals surface area contributed by atoms with Gasteiger partial charge in [-0.1, -0.05) is 19.3 Å². The van der Waals surface area contributed by atoms with Crippen LogP contribution in [-0.2, 0) is 0 Å². The molecular formula is C21H33N3O2. The Labute approximate surface area is 157 Å². The monoisotopic (exact) mass is 359 g/mol. The fourth-order valence-corrected chi connectivity index (χ4v) is 3.81. The van der Waals surface area contributed by atoms with Crippen molar-refractivity contribution in [3.8, 4) is 5.75 Å². The number of amides is 1. The van der Waals surface area contributed by atoms with E-state index < -0.39 is 0 Å². The lowest BCUT2D eigenvalue weighted by molar-refractivity contribution is 0.0951. The molecule has 1 amide bonds. The molecule has 0 bridgehead atoms. The number of hydrogen-bond acceptors (Lipinski definition) is 4. The van der Waals surface area contributed by atoms with Gasteiger partial charge in [0, 0.05) is 38.3 Å². The van der Waals surface area contributed by atoms with Crippen molar-refractivity contribution in [2.45, 2.75) is 38.5 Å². The third kappa shape index (κ3) is 6.29. The molecule has 0 atom stereocenters. The molecule has 1 aliphatic carbocycles. The van der Waals surface area contributed by atoms with Crippen molar-refractivity contribution in [2.24, 2.45) is 5.92 Å². The van der Waals surface area contributed by atoms with E-state index in [1.807, 2.05) is 24.3 Å². The maximum atomic E-state index is 12.2. The number of carbonyl (C=O) groups is 1. The van der Waals surface area contributed by atoms with Gasteiger partial charge in [-0.15, -0.1) is 0 Å². The highest BCUT2D eigenvalue weighted by Crippen LogP contribution is 2.24. The van der Waals surface area contributed by atoms with Gasteiger partial charge in [-0.05, 0) is 56.0 Å². The molecule has 1 aromatic rings. The molecule has 1 aliphatic heterocycles. The standard InChI is InChI=1S/C21H33N3O2/c25-21(23-11-4-14-24-15-12-22-13-16-24)19-7-9-20(10-8-19)26-17-18-5-2-1-3-6-18/h7-10,18,22H,1-6,11-17H2,(H,23,25). The topological polar surface area (TPSA) is 53.6 Å². The van der Waals surface area contributed by atoms with E-state index in [-0.39, 0.29) is 5.91 Å². The van der Waals surface area contributed by atoms with Crippen LogP contribution >= 0.6 is 0 Å². The van der Waals surface area contributed by atoms with Crippen LogP contribution in [0.4, 0.5) is 0 Å². The van der Waals surface area contributed by atoms with E-state index in [1.54, 1.807) is 0 Å². The summed E-state index contributed by atoms with van der Waals surface area (Å²) in [6.45, 7) is 6.94. The van der Waals surface area contributed by atoms with Crippen molar-refractivity contribution in [3.63, 3.8) is 0 Å². The molecule has 0 radical (unpaired) electrons. The summed E-state index contributed by atoms with van der Waals surface area (Å²) >= 11 is 0. The van der Waals surface area contributed by atoms with Crippen LogP contribution in [0.15, 0.2) is 24.3 Å². The predicted octanol–water partition coefficient (Wildman–Crippen LogP) is 2.67. The zero-order chi connectivity index (χ0) is 18.0. The van der Waals surface area contributed by atoms with Crippen molar-refractivity contribution in [2.75, 3.05) is 45.9 Å². The summed E-state index contributed by atoms with van der Waals surface area (Å²) in [7, 11) is 0. The number of piperazine rings is 1. The van der Waals surface area contributed by atoms with Crippen molar-refractivity contribution >= 4 is 5.91 Å². The Bertz CT molecular complexity index is 535. The summed E-state index contributed by atoms with van der Waals surface area (Å²) in [5.74, 6) is 1.57. The lowest BCUT2D eigenvalue weighted by Crippen LogP contribution is -2.44. The summed E-state index contributed by atoms with van der Waals surface area (Å²) in [5.41, 5.74) is 0.706. The Morgan fingerprint density at radius 2 is 1.85 bits per heavy atom. The van der Waals surface area contributed by atoms with Crippen LogP contribution in [0.25, 0.3) is 0 Å². The quantitative estimate of drug-likeness (QED) is 0.701. The molecule has 5 nitrogen and oxygen atoms in total. The molecule has 0 spiro atoms. The van der Waals surface area contributed by atoms with E-state index in [9.17, 15) is 4.79 Å². The zero-order valence-electron chi connectivity index (χ0n) is 15.8. The lowest BCUT2D eigenvalue weighted by atomic mass is 9.90. The second-order valence-electron chi connectivity index (χ2n) is 7.54. The molecule has 2 aliphatic rings. The average molecular weight is 360 g/mol. The van der Waals surface area contributed by atoms with Gasteiger partial charge >= 0.3 is 0 Å². The third-order valence-corrected chi connectivity index (χ3v) is 5.47. The Balaban J connectivity index is 1.33. The van der Waals surface area contributed by atoms with E-state index in [1.165, 1.54) is 32.1 Å². The Morgan fingerprint density at radius 3 is 2.58 bits per heavy atom. The molecule has 26 heavy (non-hydrogen) atoms. The highest BCUT2D eigenvalue weighted by atomic mass is 16.5. The van der Waals surface area contributed by atoms with Gasteiger partial charge in [0.25, 0.3) is 5.91 Å². The molecule has 0 unspecified atom stereocenters. The highest BCUT2D eigenvalue weighted by Gasteiger charge is 2.14. The van der Waals surface area contributed by atoms with Gasteiger partial charge in [-0.3, -0.25) is 4.79 Å². The molecule has 1 saturated heterocycles. The van der Waals surface area contributed by atoms with Crippen LogP contribution in [0, 0.1) is 5.92 Å². The molecule has 3 rings (SSSR count). The minimum atomic E-state index is 0.00383. The lowest BCUT2D eigenvalue weighted by Gasteiger charge is -2.27. The van der Waals surface area contributed by atoms with E-state index in [2.05, 4.69) is 15.5 Å². The van der Waals surface area contributed by atoms with Crippen LogP contribution in [-0.4, -0.2) is 56.7 Å². The molecule has 2 N–H and O–H groups in total. The van der Waals surface area contributed by atoms with Crippen LogP contribution in [0.1, 0.15) is 48.9 Å². The second kappa shape index (κ2) is 10.5. The molecule has 1 heterocycles. The van der Waals surface area contributed by atoms with Gasteiger partial charge in [-0.2, -0.15) is 0 Å². The maximum Gasteiger partial charge on any atom is 0.251 e. The Hall–Kier alpha value is -1.59. The minimum Gasteiger partial charge on any atom is -0.493 e. The minimum absolute atomic E-state index is 0.00383. The number of nitrogens with one attached hydrogen (secondary N) is 2. The normalized spacial score (nSPS) is 19.2. The smallest absolute Gasteiger partial charge is 0.251 e. The van der Waals surface area contributed by atoms with E-state index >= 15 is 0 Å². The fourth-order valence-electron chi connectivity index (χ4n) is 3.81. The van der Waals surface area contributed by atoms with E-state index in [0.29, 0.717) is 11.5 Å². The molecule has 0 aromatic heterocycles. The van der Waals surface area contributed by atoms with Gasteiger partial charge in [-0.25, -0.2) is 0 Å². The van der Waals surface area contributed by atoms with Crippen LogP contribution in [0.3, 0.4) is 0 Å². The number of ether oxygens (including phenoxy) is 1. The largest absolute Gasteiger partial charge is 0.493 e. The number of benzene rings is 1. The fraction of sp³-hybridized carbons (Fsp3) is 0.667. The first kappa shape index (κ1) is 19.2. The van der Waals surface area contributed by atoms with Crippen molar-refractivity contribution in [1.29, 1.82) is 0 Å².